The molecule has 0 aromatic rings. The van der Waals surface area contributed by atoms with Crippen molar-refractivity contribution in [1.29, 1.82) is 0 Å². The zero-order valence-electron chi connectivity index (χ0n) is 6.91. The lowest BCUT2D eigenvalue weighted by Crippen LogP contribution is -2.33. The third-order valence-electron chi connectivity index (χ3n) is 2.68. The monoisotopic (exact) mass is 155 g/mol. The molecule has 2 fully saturated rings. The largest absolute Gasteiger partial charge is 0.368 e. The molecule has 0 radical (unpaired) electrons. The molecule has 3 atom stereocenters. The van der Waals surface area contributed by atoms with Gasteiger partial charge in [0.15, 0.2) is 0 Å². The standard InChI is InChI=1S/C8H13NO2/c1-5-8(11-5)6-3-4-7(10)9(6)2/h5-6,8H,3-4H2,1-2H3. The van der Waals surface area contributed by atoms with E-state index >= 15 is 0 Å². The molecule has 3 nitrogen and oxygen atoms in total. The molecule has 2 aliphatic rings. The van der Waals surface area contributed by atoms with Crippen LogP contribution >= 0.6 is 0 Å². The van der Waals surface area contributed by atoms with E-state index in [4.69, 9.17) is 4.74 Å². The van der Waals surface area contributed by atoms with Crippen molar-refractivity contribution in [2.45, 2.75) is 38.0 Å². The molecule has 2 aliphatic heterocycles. The lowest BCUT2D eigenvalue weighted by atomic mass is 10.1. The van der Waals surface area contributed by atoms with Gasteiger partial charge >= 0.3 is 0 Å². The highest BCUT2D eigenvalue weighted by molar-refractivity contribution is 5.78. The maximum Gasteiger partial charge on any atom is 0.222 e. The van der Waals surface area contributed by atoms with E-state index in [1.54, 1.807) is 0 Å². The lowest BCUT2D eigenvalue weighted by Gasteiger charge is -2.17. The van der Waals surface area contributed by atoms with Crippen LogP contribution < -0.4 is 0 Å². The number of ether oxygens (including phenoxy) is 1. The van der Waals surface area contributed by atoms with Gasteiger partial charge in [-0.3, -0.25) is 4.79 Å². The average Bonchev–Trinajstić information content (AvgIpc) is 2.58. The Hall–Kier alpha value is -0.570. The topological polar surface area (TPSA) is 32.8 Å². The highest BCUT2D eigenvalue weighted by atomic mass is 16.6. The Balaban J connectivity index is 2.00. The number of rotatable bonds is 1. The Morgan fingerprint density at radius 3 is 2.64 bits per heavy atom. The van der Waals surface area contributed by atoms with E-state index in [0.717, 1.165) is 6.42 Å². The number of carbonyl (C=O) groups excluding carboxylic acids is 1. The summed E-state index contributed by atoms with van der Waals surface area (Å²) in [5.74, 6) is 0.262. The first-order chi connectivity index (χ1) is 5.20. The minimum atomic E-state index is 0.262. The van der Waals surface area contributed by atoms with Crippen molar-refractivity contribution in [1.82, 2.24) is 4.90 Å². The zero-order valence-corrected chi connectivity index (χ0v) is 6.91. The molecule has 62 valence electrons. The molecule has 0 N–H and O–H groups in total. The zero-order chi connectivity index (χ0) is 8.01. The van der Waals surface area contributed by atoms with E-state index in [0.29, 0.717) is 24.7 Å². The summed E-state index contributed by atoms with van der Waals surface area (Å²) >= 11 is 0. The fraction of sp³-hybridized carbons (Fsp3) is 0.875. The van der Waals surface area contributed by atoms with E-state index in [2.05, 4.69) is 6.92 Å². The van der Waals surface area contributed by atoms with Crippen molar-refractivity contribution < 1.29 is 9.53 Å². The Morgan fingerprint density at radius 1 is 1.64 bits per heavy atom. The first-order valence-corrected chi connectivity index (χ1v) is 4.11. The Bertz CT molecular complexity index is 193. The van der Waals surface area contributed by atoms with Crippen molar-refractivity contribution in [2.24, 2.45) is 0 Å². The van der Waals surface area contributed by atoms with Crippen molar-refractivity contribution >= 4 is 5.91 Å². The average molecular weight is 155 g/mol. The van der Waals surface area contributed by atoms with Gasteiger partial charge in [-0.25, -0.2) is 0 Å². The second kappa shape index (κ2) is 2.21. The number of amides is 1. The van der Waals surface area contributed by atoms with Gasteiger partial charge in [0.05, 0.1) is 12.1 Å². The van der Waals surface area contributed by atoms with Crippen LogP contribution in [0.25, 0.3) is 0 Å². The molecule has 0 saturated carbocycles. The fourth-order valence-corrected chi connectivity index (χ4v) is 1.82. The molecule has 11 heavy (non-hydrogen) atoms. The number of hydrogen-bond donors (Lipinski definition) is 0. The number of carbonyl (C=O) groups is 1. The summed E-state index contributed by atoms with van der Waals surface area (Å²) in [7, 11) is 1.87. The van der Waals surface area contributed by atoms with E-state index in [-0.39, 0.29) is 5.91 Å². The van der Waals surface area contributed by atoms with Gasteiger partial charge < -0.3 is 9.64 Å². The highest BCUT2D eigenvalue weighted by Crippen LogP contribution is 2.33. The second-order valence-corrected chi connectivity index (χ2v) is 3.42. The van der Waals surface area contributed by atoms with Gasteiger partial charge in [-0.05, 0) is 13.3 Å². The van der Waals surface area contributed by atoms with Crippen LogP contribution in [0.5, 0.6) is 0 Å². The number of nitrogens with zero attached hydrogens (tertiary/aromatic N) is 1. The third-order valence-corrected chi connectivity index (χ3v) is 2.68. The predicted molar refractivity (Wildman–Crippen MR) is 40.1 cm³/mol. The summed E-state index contributed by atoms with van der Waals surface area (Å²) < 4.78 is 5.33. The predicted octanol–water partition coefficient (Wildman–Crippen LogP) is 0.394. The Morgan fingerprint density at radius 2 is 2.27 bits per heavy atom. The van der Waals surface area contributed by atoms with Crippen molar-refractivity contribution in [3.8, 4) is 0 Å². The van der Waals surface area contributed by atoms with Crippen LogP contribution in [-0.4, -0.2) is 36.1 Å². The molecular formula is C8H13NO2. The lowest BCUT2D eigenvalue weighted by molar-refractivity contribution is -0.127. The minimum absolute atomic E-state index is 0.262. The molecule has 3 unspecified atom stereocenters. The van der Waals surface area contributed by atoms with Gasteiger partial charge in [-0.2, -0.15) is 0 Å². The van der Waals surface area contributed by atoms with Gasteiger partial charge in [0.25, 0.3) is 0 Å². The molecule has 0 aliphatic carbocycles. The van der Waals surface area contributed by atoms with Crippen LogP contribution in [0.1, 0.15) is 19.8 Å². The molecule has 0 aromatic carbocycles. The van der Waals surface area contributed by atoms with Crippen molar-refractivity contribution in [3.63, 3.8) is 0 Å². The van der Waals surface area contributed by atoms with E-state index < -0.39 is 0 Å². The summed E-state index contributed by atoms with van der Waals surface area (Å²) in [6.45, 7) is 2.06. The normalized spacial score (nSPS) is 43.3. The molecule has 0 aromatic heterocycles. The Labute approximate surface area is 66.3 Å². The molecule has 2 heterocycles. The van der Waals surface area contributed by atoms with Crippen molar-refractivity contribution in [3.05, 3.63) is 0 Å². The van der Waals surface area contributed by atoms with Crippen LogP contribution in [0.2, 0.25) is 0 Å². The molecule has 3 heteroatoms. The molecule has 0 spiro atoms. The minimum Gasteiger partial charge on any atom is -0.368 e. The SMILES string of the molecule is CC1OC1C1CCC(=O)N1C. The molecular weight excluding hydrogens is 142 g/mol. The van der Waals surface area contributed by atoms with Gasteiger partial charge in [0.1, 0.15) is 6.10 Å². The molecule has 1 amide bonds. The van der Waals surface area contributed by atoms with Gasteiger partial charge in [0, 0.05) is 13.5 Å². The summed E-state index contributed by atoms with van der Waals surface area (Å²) in [6, 6.07) is 0.359. The van der Waals surface area contributed by atoms with E-state index in [9.17, 15) is 4.79 Å². The fourth-order valence-electron chi connectivity index (χ4n) is 1.82. The smallest absolute Gasteiger partial charge is 0.222 e. The third kappa shape index (κ3) is 1.03. The van der Waals surface area contributed by atoms with Crippen LogP contribution in [0.3, 0.4) is 0 Å². The van der Waals surface area contributed by atoms with Crippen molar-refractivity contribution in [2.75, 3.05) is 7.05 Å². The summed E-state index contributed by atoms with van der Waals surface area (Å²) in [6.07, 6.45) is 2.37. The second-order valence-electron chi connectivity index (χ2n) is 3.42. The molecule has 0 bridgehead atoms. The number of likely N-dealkylation sites (N-methyl/N-ethyl adjacent to an activating group) is 1. The van der Waals surface area contributed by atoms with Gasteiger partial charge in [0.2, 0.25) is 5.91 Å². The van der Waals surface area contributed by atoms with Crippen LogP contribution in [0, 0.1) is 0 Å². The first kappa shape index (κ1) is 7.10. The summed E-state index contributed by atoms with van der Waals surface area (Å²) in [5.41, 5.74) is 0. The quantitative estimate of drug-likeness (QED) is 0.513. The molecule has 2 rings (SSSR count). The van der Waals surface area contributed by atoms with Crippen LogP contribution in [-0.2, 0) is 9.53 Å². The van der Waals surface area contributed by atoms with E-state index in [1.165, 1.54) is 0 Å². The highest BCUT2D eigenvalue weighted by Gasteiger charge is 2.46. The van der Waals surface area contributed by atoms with Gasteiger partial charge in [-0.15, -0.1) is 0 Å². The molecule has 2 saturated heterocycles. The van der Waals surface area contributed by atoms with Crippen LogP contribution in [0.15, 0.2) is 0 Å². The first-order valence-electron chi connectivity index (χ1n) is 4.11. The van der Waals surface area contributed by atoms with Crippen LogP contribution in [0.4, 0.5) is 0 Å². The van der Waals surface area contributed by atoms with Gasteiger partial charge in [-0.1, -0.05) is 0 Å². The Kier molecular flexibility index (Phi) is 1.42. The number of hydrogen-bond acceptors (Lipinski definition) is 2. The maximum atomic E-state index is 11.1. The van der Waals surface area contributed by atoms with E-state index in [1.807, 2.05) is 11.9 Å². The number of likely N-dealkylation sites (tertiary alicyclic amines) is 1. The summed E-state index contributed by atoms with van der Waals surface area (Å²) in [4.78, 5) is 12.9. The summed E-state index contributed by atoms with van der Waals surface area (Å²) in [5, 5.41) is 0. The number of epoxide rings is 1. The maximum absolute atomic E-state index is 11.1.